The van der Waals surface area contributed by atoms with Gasteiger partial charge >= 0.3 is 5.97 Å². The monoisotopic (exact) mass is 204 g/mol. The number of hydrogen-bond acceptors (Lipinski definition) is 2. The SMILES string of the molecule is O=C(O)CCCc1cccc2cncn12. The summed E-state index contributed by atoms with van der Waals surface area (Å²) in [7, 11) is 0. The summed E-state index contributed by atoms with van der Waals surface area (Å²) in [6.45, 7) is 0. The van der Waals surface area contributed by atoms with Crippen LogP contribution < -0.4 is 0 Å². The lowest BCUT2D eigenvalue weighted by molar-refractivity contribution is -0.137. The number of aliphatic carboxylic acids is 1. The maximum absolute atomic E-state index is 10.4. The van der Waals surface area contributed by atoms with Gasteiger partial charge in [0, 0.05) is 12.1 Å². The Morgan fingerprint density at radius 3 is 3.13 bits per heavy atom. The van der Waals surface area contributed by atoms with E-state index in [2.05, 4.69) is 4.98 Å². The topological polar surface area (TPSA) is 54.6 Å². The molecule has 0 atom stereocenters. The van der Waals surface area contributed by atoms with Crippen molar-refractivity contribution < 1.29 is 9.90 Å². The molecule has 0 bridgehead atoms. The van der Waals surface area contributed by atoms with Gasteiger partial charge in [-0.25, -0.2) is 4.98 Å². The van der Waals surface area contributed by atoms with Crippen LogP contribution in [0.25, 0.3) is 5.52 Å². The number of aryl methyl sites for hydroxylation is 1. The van der Waals surface area contributed by atoms with Crippen LogP contribution in [0, 0.1) is 0 Å². The van der Waals surface area contributed by atoms with Crippen molar-refractivity contribution in [2.45, 2.75) is 19.3 Å². The molecular formula is C11H12N2O2. The zero-order valence-corrected chi connectivity index (χ0v) is 8.26. The summed E-state index contributed by atoms with van der Waals surface area (Å²) in [5, 5.41) is 8.55. The van der Waals surface area contributed by atoms with E-state index in [0.29, 0.717) is 6.42 Å². The fourth-order valence-corrected chi connectivity index (χ4v) is 1.63. The molecule has 4 heteroatoms. The standard InChI is InChI=1S/C11H12N2O2/c14-11(15)6-2-4-9-3-1-5-10-7-12-8-13(9)10/h1,3,5,7-8H,2,4,6H2,(H,14,15). The van der Waals surface area contributed by atoms with Crippen LogP contribution in [0.4, 0.5) is 0 Å². The minimum absolute atomic E-state index is 0.213. The summed E-state index contributed by atoms with van der Waals surface area (Å²) in [6.07, 6.45) is 5.18. The first-order valence-electron chi connectivity index (χ1n) is 4.89. The van der Waals surface area contributed by atoms with E-state index in [1.807, 2.05) is 22.6 Å². The van der Waals surface area contributed by atoms with Gasteiger partial charge < -0.3 is 9.51 Å². The van der Waals surface area contributed by atoms with Crippen LogP contribution in [-0.2, 0) is 11.2 Å². The van der Waals surface area contributed by atoms with Crippen molar-refractivity contribution in [3.63, 3.8) is 0 Å². The molecule has 78 valence electrons. The van der Waals surface area contributed by atoms with E-state index in [9.17, 15) is 4.79 Å². The molecule has 0 fully saturated rings. The van der Waals surface area contributed by atoms with Crippen LogP contribution in [0.1, 0.15) is 18.5 Å². The number of hydrogen-bond donors (Lipinski definition) is 1. The van der Waals surface area contributed by atoms with Crippen LogP contribution in [-0.4, -0.2) is 20.5 Å². The van der Waals surface area contributed by atoms with Crippen LogP contribution >= 0.6 is 0 Å². The minimum Gasteiger partial charge on any atom is -0.481 e. The van der Waals surface area contributed by atoms with E-state index in [1.54, 1.807) is 12.5 Å². The predicted molar refractivity (Wildman–Crippen MR) is 55.8 cm³/mol. The first kappa shape index (κ1) is 9.71. The number of carboxylic acid groups (broad SMARTS) is 1. The number of pyridine rings is 1. The number of carbonyl (C=O) groups is 1. The highest BCUT2D eigenvalue weighted by Gasteiger charge is 2.02. The molecule has 4 nitrogen and oxygen atoms in total. The highest BCUT2D eigenvalue weighted by atomic mass is 16.4. The summed E-state index contributed by atoms with van der Waals surface area (Å²) in [5.41, 5.74) is 2.15. The Bertz CT molecular complexity index is 476. The largest absolute Gasteiger partial charge is 0.481 e. The average Bonchev–Trinajstić information content (AvgIpc) is 2.65. The number of aromatic nitrogens is 2. The number of carboxylic acids is 1. The third-order valence-corrected chi connectivity index (χ3v) is 2.36. The molecule has 0 radical (unpaired) electrons. The van der Waals surface area contributed by atoms with E-state index in [0.717, 1.165) is 17.6 Å². The van der Waals surface area contributed by atoms with Crippen molar-refractivity contribution >= 4 is 11.5 Å². The van der Waals surface area contributed by atoms with Gasteiger partial charge in [0.25, 0.3) is 0 Å². The van der Waals surface area contributed by atoms with Gasteiger partial charge in [0.15, 0.2) is 0 Å². The molecule has 2 heterocycles. The second-order valence-electron chi connectivity index (χ2n) is 3.45. The molecule has 0 saturated carbocycles. The molecule has 0 aromatic carbocycles. The van der Waals surface area contributed by atoms with Crippen LogP contribution in [0.15, 0.2) is 30.7 Å². The third kappa shape index (κ3) is 2.15. The summed E-state index contributed by atoms with van der Waals surface area (Å²) < 4.78 is 1.99. The van der Waals surface area contributed by atoms with Gasteiger partial charge in [0.1, 0.15) is 0 Å². The lowest BCUT2D eigenvalue weighted by Gasteiger charge is -2.03. The van der Waals surface area contributed by atoms with E-state index in [4.69, 9.17) is 5.11 Å². The molecule has 0 aliphatic carbocycles. The maximum atomic E-state index is 10.4. The van der Waals surface area contributed by atoms with Gasteiger partial charge in [-0.05, 0) is 25.0 Å². The molecular weight excluding hydrogens is 192 g/mol. The molecule has 0 aliphatic heterocycles. The van der Waals surface area contributed by atoms with Crippen molar-refractivity contribution in [3.05, 3.63) is 36.4 Å². The second-order valence-corrected chi connectivity index (χ2v) is 3.45. The quantitative estimate of drug-likeness (QED) is 0.825. The fraction of sp³-hybridized carbons (Fsp3) is 0.273. The lowest BCUT2D eigenvalue weighted by atomic mass is 10.1. The molecule has 2 aromatic rings. The van der Waals surface area contributed by atoms with E-state index in [-0.39, 0.29) is 6.42 Å². The normalized spacial score (nSPS) is 10.7. The smallest absolute Gasteiger partial charge is 0.303 e. The van der Waals surface area contributed by atoms with E-state index in [1.165, 1.54) is 0 Å². The zero-order valence-electron chi connectivity index (χ0n) is 8.26. The molecule has 0 saturated heterocycles. The van der Waals surface area contributed by atoms with Gasteiger partial charge in [0.05, 0.1) is 18.0 Å². The summed E-state index contributed by atoms with van der Waals surface area (Å²) in [4.78, 5) is 14.4. The lowest BCUT2D eigenvalue weighted by Crippen LogP contribution is -1.99. The Balaban J connectivity index is 2.13. The Kier molecular flexibility index (Phi) is 2.67. The van der Waals surface area contributed by atoms with Crippen LogP contribution in [0.3, 0.4) is 0 Å². The molecule has 0 amide bonds. The molecule has 0 aliphatic rings. The van der Waals surface area contributed by atoms with Crippen molar-refractivity contribution in [2.75, 3.05) is 0 Å². The summed E-state index contributed by atoms with van der Waals surface area (Å²) in [6, 6.07) is 5.94. The first-order valence-corrected chi connectivity index (χ1v) is 4.89. The second kappa shape index (κ2) is 4.13. The summed E-state index contributed by atoms with van der Waals surface area (Å²) >= 11 is 0. The molecule has 1 N–H and O–H groups in total. The first-order chi connectivity index (χ1) is 7.27. The minimum atomic E-state index is -0.743. The van der Waals surface area contributed by atoms with Crippen LogP contribution in [0.2, 0.25) is 0 Å². The average molecular weight is 204 g/mol. The van der Waals surface area contributed by atoms with Gasteiger partial charge in [0.2, 0.25) is 0 Å². The van der Waals surface area contributed by atoms with Gasteiger partial charge in [-0.1, -0.05) is 6.07 Å². The Hall–Kier alpha value is -1.84. The van der Waals surface area contributed by atoms with Crippen molar-refractivity contribution in [2.24, 2.45) is 0 Å². The molecule has 15 heavy (non-hydrogen) atoms. The zero-order chi connectivity index (χ0) is 10.7. The number of nitrogens with zero attached hydrogens (tertiary/aromatic N) is 2. The molecule has 0 unspecified atom stereocenters. The Labute approximate surface area is 87.2 Å². The maximum Gasteiger partial charge on any atom is 0.303 e. The highest BCUT2D eigenvalue weighted by Crippen LogP contribution is 2.09. The van der Waals surface area contributed by atoms with Crippen molar-refractivity contribution in [1.29, 1.82) is 0 Å². The third-order valence-electron chi connectivity index (χ3n) is 2.36. The Morgan fingerprint density at radius 2 is 2.33 bits per heavy atom. The number of rotatable bonds is 4. The van der Waals surface area contributed by atoms with Gasteiger partial charge in [-0.2, -0.15) is 0 Å². The number of fused-ring (bicyclic) bond motifs is 1. The van der Waals surface area contributed by atoms with Crippen LogP contribution in [0.5, 0.6) is 0 Å². The van der Waals surface area contributed by atoms with E-state index >= 15 is 0 Å². The highest BCUT2D eigenvalue weighted by molar-refractivity contribution is 5.66. The molecule has 2 rings (SSSR count). The number of imidazole rings is 1. The van der Waals surface area contributed by atoms with Crippen molar-refractivity contribution in [1.82, 2.24) is 9.38 Å². The van der Waals surface area contributed by atoms with Gasteiger partial charge in [-0.15, -0.1) is 0 Å². The van der Waals surface area contributed by atoms with Gasteiger partial charge in [-0.3, -0.25) is 4.79 Å². The molecule has 0 spiro atoms. The Morgan fingerprint density at radius 1 is 1.47 bits per heavy atom. The summed E-state index contributed by atoms with van der Waals surface area (Å²) in [5.74, 6) is -0.743. The van der Waals surface area contributed by atoms with Crippen molar-refractivity contribution in [3.8, 4) is 0 Å². The fourth-order valence-electron chi connectivity index (χ4n) is 1.63. The van der Waals surface area contributed by atoms with E-state index < -0.39 is 5.97 Å². The molecule has 2 aromatic heterocycles. The predicted octanol–water partition coefficient (Wildman–Crippen LogP) is 1.74.